The third-order valence-corrected chi connectivity index (χ3v) is 3.65. The molecule has 26 heavy (non-hydrogen) atoms. The van der Waals surface area contributed by atoms with Crippen molar-refractivity contribution in [2.75, 3.05) is 0 Å². The molecule has 0 aliphatic rings. The van der Waals surface area contributed by atoms with Crippen LogP contribution in [0.25, 0.3) is 0 Å². The first-order valence-corrected chi connectivity index (χ1v) is 8.08. The number of amides is 2. The van der Waals surface area contributed by atoms with E-state index in [2.05, 4.69) is 26.0 Å². The van der Waals surface area contributed by atoms with Crippen LogP contribution in [-0.4, -0.2) is 37.7 Å². The Morgan fingerprint density at radius 3 is 2.62 bits per heavy atom. The van der Waals surface area contributed by atoms with Gasteiger partial charge in [-0.05, 0) is 44.7 Å². The van der Waals surface area contributed by atoms with E-state index in [1.165, 1.54) is 18.5 Å². The van der Waals surface area contributed by atoms with Crippen LogP contribution in [0, 0.1) is 10.1 Å². The molecule has 0 spiro atoms. The molecule has 12 heteroatoms. The predicted octanol–water partition coefficient (Wildman–Crippen LogP) is 2.03. The molecule has 0 aliphatic heterocycles. The maximum Gasteiger partial charge on any atom is 0.426 e. The molecule has 2 rings (SSSR count). The van der Waals surface area contributed by atoms with Gasteiger partial charge in [-0.1, -0.05) is 0 Å². The molecule has 0 atom stereocenters. The van der Waals surface area contributed by atoms with E-state index in [9.17, 15) is 19.7 Å². The first-order chi connectivity index (χ1) is 12.2. The van der Waals surface area contributed by atoms with Gasteiger partial charge in [-0.3, -0.25) is 25.4 Å². The van der Waals surface area contributed by atoms with E-state index < -0.39 is 22.5 Å². The fraction of sp³-hybridized carbons (Fsp3) is 0.286. The van der Waals surface area contributed by atoms with Gasteiger partial charge in [0.2, 0.25) is 0 Å². The minimum absolute atomic E-state index is 0.00493. The van der Waals surface area contributed by atoms with E-state index in [0.717, 1.165) is 17.8 Å². The number of hydrogen-bond acceptors (Lipinski definition) is 8. The summed E-state index contributed by atoms with van der Waals surface area (Å²) in [5, 5.41) is 17.9. The minimum atomic E-state index is -0.849. The number of aromatic amines is 1. The largest absolute Gasteiger partial charge is 0.443 e. The van der Waals surface area contributed by atoms with Crippen LogP contribution in [0.5, 0.6) is 0 Å². The first-order valence-electron chi connectivity index (χ1n) is 7.27. The lowest BCUT2D eigenvalue weighted by molar-refractivity contribution is -0.387. The lowest BCUT2D eigenvalue weighted by atomic mass is 10.2. The molecule has 0 aliphatic carbocycles. The molecule has 0 bridgehead atoms. The fourth-order valence-corrected chi connectivity index (χ4v) is 2.50. The van der Waals surface area contributed by atoms with Crippen molar-refractivity contribution in [2.45, 2.75) is 36.4 Å². The summed E-state index contributed by atoms with van der Waals surface area (Å²) >= 11 is 1.00. The van der Waals surface area contributed by atoms with Crippen molar-refractivity contribution in [2.24, 2.45) is 0 Å². The molecule has 3 N–H and O–H groups in total. The summed E-state index contributed by atoms with van der Waals surface area (Å²) < 4.78 is 4.97. The number of ether oxygens (including phenoxy) is 1. The highest BCUT2D eigenvalue weighted by Gasteiger charge is 2.20. The normalized spacial score (nSPS) is 10.9. The summed E-state index contributed by atoms with van der Waals surface area (Å²) in [6.07, 6.45) is 0.427. The molecule has 138 valence electrons. The molecule has 0 saturated carbocycles. The van der Waals surface area contributed by atoms with Crippen LogP contribution in [-0.2, 0) is 4.74 Å². The van der Waals surface area contributed by atoms with E-state index in [-0.39, 0.29) is 16.1 Å². The molecule has 1 heterocycles. The molecule has 0 radical (unpaired) electrons. The van der Waals surface area contributed by atoms with Crippen molar-refractivity contribution in [3.63, 3.8) is 0 Å². The van der Waals surface area contributed by atoms with Gasteiger partial charge in [0.15, 0.2) is 5.16 Å². The molecule has 2 aromatic rings. The summed E-state index contributed by atoms with van der Waals surface area (Å²) in [6.45, 7) is 5.01. The van der Waals surface area contributed by atoms with Crippen molar-refractivity contribution >= 4 is 29.4 Å². The van der Waals surface area contributed by atoms with Gasteiger partial charge in [0, 0.05) is 11.6 Å². The van der Waals surface area contributed by atoms with Gasteiger partial charge in [0.1, 0.15) is 11.9 Å². The van der Waals surface area contributed by atoms with Crippen molar-refractivity contribution in [3.05, 3.63) is 40.2 Å². The molecule has 1 aromatic heterocycles. The zero-order valence-electron chi connectivity index (χ0n) is 14.1. The Balaban J connectivity index is 2.09. The number of hydrogen-bond donors (Lipinski definition) is 3. The number of nitrogens with zero attached hydrogens (tertiary/aromatic N) is 3. The van der Waals surface area contributed by atoms with Crippen LogP contribution in [0.15, 0.2) is 34.6 Å². The highest BCUT2D eigenvalue weighted by Crippen LogP contribution is 2.33. The lowest BCUT2D eigenvalue weighted by Gasteiger charge is -2.19. The monoisotopic (exact) mass is 380 g/mol. The van der Waals surface area contributed by atoms with E-state index in [1.807, 2.05) is 0 Å². The van der Waals surface area contributed by atoms with Gasteiger partial charge >= 0.3 is 6.09 Å². The minimum Gasteiger partial charge on any atom is -0.443 e. The van der Waals surface area contributed by atoms with Crippen LogP contribution >= 0.6 is 11.8 Å². The number of nitro groups is 1. The van der Waals surface area contributed by atoms with Gasteiger partial charge in [0.25, 0.3) is 11.6 Å². The number of aromatic nitrogens is 3. The summed E-state index contributed by atoms with van der Waals surface area (Å²) in [6, 6.07) is 3.90. The average molecular weight is 380 g/mol. The van der Waals surface area contributed by atoms with Gasteiger partial charge < -0.3 is 4.74 Å². The second-order valence-electron chi connectivity index (χ2n) is 5.91. The van der Waals surface area contributed by atoms with Crippen LogP contribution < -0.4 is 10.9 Å². The summed E-state index contributed by atoms with van der Waals surface area (Å²) in [4.78, 5) is 38.4. The molecule has 0 unspecified atom stereocenters. The second-order valence-corrected chi connectivity index (χ2v) is 6.94. The number of rotatable bonds is 4. The van der Waals surface area contributed by atoms with Gasteiger partial charge in [-0.2, -0.15) is 5.10 Å². The van der Waals surface area contributed by atoms with E-state index in [4.69, 9.17) is 4.74 Å². The molecule has 0 saturated heterocycles. The number of H-pyrrole nitrogens is 1. The van der Waals surface area contributed by atoms with E-state index >= 15 is 0 Å². The summed E-state index contributed by atoms with van der Waals surface area (Å²) in [5.41, 5.74) is 3.19. The Bertz CT molecular complexity index is 818. The Hall–Kier alpha value is -3.15. The van der Waals surface area contributed by atoms with Crippen molar-refractivity contribution in [1.29, 1.82) is 0 Å². The van der Waals surface area contributed by atoms with Crippen LogP contribution in [0.1, 0.15) is 31.1 Å². The summed E-state index contributed by atoms with van der Waals surface area (Å²) in [7, 11) is 0. The molecular formula is C14H16N6O5S. The standard InChI is InChI=1S/C14H16N6O5S/c1-14(2,3)25-13(22)19-17-11(21)8-4-5-10(9(6-8)20(23)24)26-12-15-7-16-18-12/h4-7H,1-3H3,(H,17,21)(H,19,22)(H,15,16,18). The molecule has 0 fully saturated rings. The van der Waals surface area contributed by atoms with Crippen LogP contribution in [0.3, 0.4) is 0 Å². The Kier molecular flexibility index (Phi) is 5.77. The van der Waals surface area contributed by atoms with Crippen molar-refractivity contribution in [3.8, 4) is 0 Å². The van der Waals surface area contributed by atoms with Crippen molar-refractivity contribution < 1.29 is 19.2 Å². The van der Waals surface area contributed by atoms with Crippen LogP contribution in [0.4, 0.5) is 10.5 Å². The highest BCUT2D eigenvalue weighted by atomic mass is 32.2. The van der Waals surface area contributed by atoms with Gasteiger partial charge in [-0.15, -0.1) is 0 Å². The third-order valence-electron chi connectivity index (χ3n) is 2.69. The number of nitro benzene ring substituents is 1. The number of carbonyl (C=O) groups excluding carboxylic acids is 2. The topological polar surface area (TPSA) is 152 Å². The second kappa shape index (κ2) is 7.82. The van der Waals surface area contributed by atoms with E-state index in [0.29, 0.717) is 5.16 Å². The lowest BCUT2D eigenvalue weighted by Crippen LogP contribution is -2.44. The highest BCUT2D eigenvalue weighted by molar-refractivity contribution is 7.99. The third kappa shape index (κ3) is 5.44. The van der Waals surface area contributed by atoms with Gasteiger partial charge in [0.05, 0.1) is 9.82 Å². The maximum atomic E-state index is 12.1. The Labute approximate surface area is 152 Å². The zero-order valence-corrected chi connectivity index (χ0v) is 14.9. The smallest absolute Gasteiger partial charge is 0.426 e. The Morgan fingerprint density at radius 2 is 2.04 bits per heavy atom. The predicted molar refractivity (Wildman–Crippen MR) is 90.4 cm³/mol. The fourth-order valence-electron chi connectivity index (χ4n) is 1.72. The number of nitrogens with one attached hydrogen (secondary N) is 3. The summed E-state index contributed by atoms with van der Waals surface area (Å²) in [5.74, 6) is -0.727. The number of hydrazine groups is 1. The average Bonchev–Trinajstić information content (AvgIpc) is 3.04. The maximum absolute atomic E-state index is 12.1. The SMILES string of the molecule is CC(C)(C)OC(=O)NNC(=O)c1ccc(Sc2ncn[nH]2)c([N+](=O)[O-])c1. The zero-order chi connectivity index (χ0) is 19.3. The van der Waals surface area contributed by atoms with E-state index in [1.54, 1.807) is 20.8 Å². The molecule has 1 aromatic carbocycles. The van der Waals surface area contributed by atoms with Gasteiger partial charge in [-0.25, -0.2) is 15.2 Å². The quantitative estimate of drug-likeness (QED) is 0.538. The molecule has 11 nitrogen and oxygen atoms in total. The van der Waals surface area contributed by atoms with Crippen molar-refractivity contribution in [1.82, 2.24) is 26.0 Å². The molecule has 2 amide bonds. The number of carbonyl (C=O) groups is 2. The first kappa shape index (κ1) is 19.2. The van der Waals surface area contributed by atoms with Crippen LogP contribution in [0.2, 0.25) is 0 Å². The number of benzene rings is 1. The molecular weight excluding hydrogens is 364 g/mol. The Morgan fingerprint density at radius 1 is 1.31 bits per heavy atom.